The van der Waals surface area contributed by atoms with E-state index in [1.807, 2.05) is 19.1 Å². The number of aryl methyl sites for hydroxylation is 1. The molecule has 0 spiro atoms. The molecule has 0 aliphatic carbocycles. The highest BCUT2D eigenvalue weighted by Gasteiger charge is 2.31. The molecular weight excluding hydrogens is 360 g/mol. The number of rotatable bonds is 3. The lowest BCUT2D eigenvalue weighted by Gasteiger charge is -2.37. The molecule has 0 unspecified atom stereocenters. The number of nitrogens with one attached hydrogen (secondary N) is 1. The Morgan fingerprint density at radius 2 is 2.07 bits per heavy atom. The second-order valence-electron chi connectivity index (χ2n) is 7.03. The van der Waals surface area contributed by atoms with Gasteiger partial charge in [-0.25, -0.2) is 14.8 Å². The fourth-order valence-corrected chi connectivity index (χ4v) is 3.77. The smallest absolute Gasteiger partial charge is 0.407 e. The number of likely N-dealkylation sites (tertiary alicyclic amines) is 1. The molecule has 1 amide bonds. The monoisotopic (exact) mass is 384 g/mol. The number of aromatic nitrogens is 3. The molecule has 0 atom stereocenters. The van der Waals surface area contributed by atoms with Crippen LogP contribution in [0.5, 0.6) is 5.75 Å². The summed E-state index contributed by atoms with van der Waals surface area (Å²) < 4.78 is 6.02. The van der Waals surface area contributed by atoms with Gasteiger partial charge in [0, 0.05) is 31.9 Å². The lowest BCUT2D eigenvalue weighted by atomic mass is 10.0. The normalized spacial score (nSPS) is 17.5. The van der Waals surface area contributed by atoms with Gasteiger partial charge >= 0.3 is 6.09 Å². The largest absolute Gasteiger partial charge is 0.486 e. The molecule has 2 aromatic heterocycles. The lowest BCUT2D eigenvalue weighted by Crippen LogP contribution is -2.47. The van der Waals surface area contributed by atoms with Crippen LogP contribution in [-0.4, -0.2) is 63.3 Å². The van der Waals surface area contributed by atoms with E-state index in [2.05, 4.69) is 25.2 Å². The highest BCUT2D eigenvalue weighted by molar-refractivity contribution is 5.71. The number of hydrogen-bond donors (Lipinski definition) is 2. The Morgan fingerprint density at radius 3 is 2.82 bits per heavy atom. The first kappa shape index (κ1) is 18.3. The van der Waals surface area contributed by atoms with Crippen molar-refractivity contribution in [3.05, 3.63) is 30.4 Å². The van der Waals surface area contributed by atoms with Crippen molar-refractivity contribution in [3.63, 3.8) is 0 Å². The molecule has 28 heavy (non-hydrogen) atoms. The van der Waals surface area contributed by atoms with Crippen LogP contribution >= 0.6 is 0 Å². The summed E-state index contributed by atoms with van der Waals surface area (Å²) in [6.45, 7) is 4.43. The van der Waals surface area contributed by atoms with Crippen LogP contribution in [0.1, 0.15) is 25.0 Å². The average Bonchev–Trinajstić information content (AvgIpc) is 2.93. The van der Waals surface area contributed by atoms with Crippen LogP contribution in [0, 0.1) is 6.92 Å². The van der Waals surface area contributed by atoms with Crippen LogP contribution in [0.2, 0.25) is 0 Å². The summed E-state index contributed by atoms with van der Waals surface area (Å²) in [6, 6.07) is 4.06. The van der Waals surface area contributed by atoms with E-state index in [0.717, 1.165) is 43.0 Å². The zero-order valence-corrected chi connectivity index (χ0v) is 15.8. The first-order chi connectivity index (χ1) is 13.6. The Kier molecular flexibility index (Phi) is 5.14. The van der Waals surface area contributed by atoms with Crippen LogP contribution in [0.25, 0.3) is 0 Å². The first-order valence-corrected chi connectivity index (χ1v) is 9.54. The molecule has 0 radical (unpaired) electrons. The van der Waals surface area contributed by atoms with Crippen molar-refractivity contribution < 1.29 is 14.6 Å². The number of anilines is 3. The van der Waals surface area contributed by atoms with Crippen molar-refractivity contribution >= 4 is 23.4 Å². The van der Waals surface area contributed by atoms with Gasteiger partial charge in [0.1, 0.15) is 6.33 Å². The van der Waals surface area contributed by atoms with Crippen molar-refractivity contribution in [1.29, 1.82) is 0 Å². The summed E-state index contributed by atoms with van der Waals surface area (Å²) in [6.07, 6.45) is 4.88. The molecule has 0 aromatic carbocycles. The minimum atomic E-state index is -0.848. The maximum Gasteiger partial charge on any atom is 0.407 e. The molecule has 0 bridgehead atoms. The summed E-state index contributed by atoms with van der Waals surface area (Å²) >= 11 is 0. The molecule has 1 fully saturated rings. The number of fused-ring (bicyclic) bond motifs is 1. The van der Waals surface area contributed by atoms with Gasteiger partial charge in [0.05, 0.1) is 18.0 Å². The topological polar surface area (TPSA) is 104 Å². The van der Waals surface area contributed by atoms with E-state index < -0.39 is 6.09 Å². The number of nitrogens with zero attached hydrogens (tertiary/aromatic N) is 5. The molecule has 4 rings (SSSR count). The number of piperidine rings is 1. The molecular formula is C19H24N6O3. The Balaban J connectivity index is 1.60. The SMILES string of the molecule is Cc1ncccc1Nc1ncnc2c1OCCCN2C1CCN(C(=O)O)CC1. The molecule has 148 valence electrons. The molecule has 0 saturated carbocycles. The maximum absolute atomic E-state index is 11.2. The van der Waals surface area contributed by atoms with Gasteiger partial charge in [0.25, 0.3) is 0 Å². The highest BCUT2D eigenvalue weighted by Crippen LogP contribution is 2.38. The Bertz CT molecular complexity index is 853. The fourth-order valence-electron chi connectivity index (χ4n) is 3.77. The molecule has 4 heterocycles. The zero-order valence-electron chi connectivity index (χ0n) is 15.8. The van der Waals surface area contributed by atoms with Gasteiger partial charge in [-0.1, -0.05) is 0 Å². The summed E-state index contributed by atoms with van der Waals surface area (Å²) in [5, 5.41) is 12.5. The fraction of sp³-hybridized carbons (Fsp3) is 0.474. The second-order valence-corrected chi connectivity index (χ2v) is 7.03. The first-order valence-electron chi connectivity index (χ1n) is 9.54. The van der Waals surface area contributed by atoms with Gasteiger partial charge in [-0.15, -0.1) is 0 Å². The van der Waals surface area contributed by atoms with Crippen molar-refractivity contribution in [3.8, 4) is 5.75 Å². The van der Waals surface area contributed by atoms with Gasteiger partial charge in [0.2, 0.25) is 5.75 Å². The molecule has 9 heteroatoms. The summed E-state index contributed by atoms with van der Waals surface area (Å²) in [4.78, 5) is 28.1. The van der Waals surface area contributed by atoms with E-state index in [1.54, 1.807) is 12.5 Å². The van der Waals surface area contributed by atoms with Gasteiger partial charge in [-0.2, -0.15) is 0 Å². The summed E-state index contributed by atoms with van der Waals surface area (Å²) in [5.74, 6) is 2.03. The standard InChI is InChI=1S/C19H24N6O3/c1-13-15(4-2-7-20-13)23-17-16-18(22-12-21-17)25(8-3-11-28-16)14-5-9-24(10-6-14)19(26)27/h2,4,7,12,14H,3,5-6,8-11H2,1H3,(H,26,27)(H,21,22,23). The predicted molar refractivity (Wildman–Crippen MR) is 104 cm³/mol. The van der Waals surface area contributed by atoms with Crippen molar-refractivity contribution in [2.24, 2.45) is 0 Å². The summed E-state index contributed by atoms with van der Waals surface area (Å²) in [5.41, 5.74) is 1.75. The zero-order chi connectivity index (χ0) is 19.5. The predicted octanol–water partition coefficient (Wildman–Crippen LogP) is 2.65. The molecule has 2 aliphatic rings. The van der Waals surface area contributed by atoms with Gasteiger partial charge in [-0.3, -0.25) is 4.98 Å². The Morgan fingerprint density at radius 1 is 1.25 bits per heavy atom. The third-order valence-corrected chi connectivity index (χ3v) is 5.28. The van der Waals surface area contributed by atoms with E-state index in [1.165, 1.54) is 4.90 Å². The average molecular weight is 384 g/mol. The third kappa shape index (κ3) is 3.64. The quantitative estimate of drug-likeness (QED) is 0.832. The van der Waals surface area contributed by atoms with Crippen LogP contribution in [0.3, 0.4) is 0 Å². The van der Waals surface area contributed by atoms with E-state index in [9.17, 15) is 9.90 Å². The maximum atomic E-state index is 11.2. The van der Waals surface area contributed by atoms with Crippen LogP contribution in [-0.2, 0) is 0 Å². The Hall–Kier alpha value is -3.10. The number of carbonyl (C=O) groups is 1. The van der Waals surface area contributed by atoms with Crippen LogP contribution in [0.4, 0.5) is 22.1 Å². The molecule has 2 aromatic rings. The molecule has 9 nitrogen and oxygen atoms in total. The third-order valence-electron chi connectivity index (χ3n) is 5.28. The molecule has 1 saturated heterocycles. The summed E-state index contributed by atoms with van der Waals surface area (Å²) in [7, 11) is 0. The van der Waals surface area contributed by atoms with Crippen molar-refractivity contribution in [2.45, 2.75) is 32.2 Å². The Labute approximate surface area is 163 Å². The number of hydrogen-bond acceptors (Lipinski definition) is 7. The van der Waals surface area contributed by atoms with E-state index >= 15 is 0 Å². The molecule has 2 N–H and O–H groups in total. The van der Waals surface area contributed by atoms with Crippen LogP contribution < -0.4 is 15.0 Å². The second kappa shape index (κ2) is 7.87. The number of carboxylic acid groups (broad SMARTS) is 1. The number of pyridine rings is 1. The van der Waals surface area contributed by atoms with Gasteiger partial charge in [-0.05, 0) is 38.3 Å². The minimum absolute atomic E-state index is 0.235. The molecule has 2 aliphatic heterocycles. The van der Waals surface area contributed by atoms with Gasteiger partial charge < -0.3 is 25.0 Å². The van der Waals surface area contributed by atoms with E-state index in [-0.39, 0.29) is 6.04 Å². The van der Waals surface area contributed by atoms with E-state index in [0.29, 0.717) is 31.3 Å². The van der Waals surface area contributed by atoms with Crippen molar-refractivity contribution in [2.75, 3.05) is 36.5 Å². The van der Waals surface area contributed by atoms with Gasteiger partial charge in [0.15, 0.2) is 11.6 Å². The van der Waals surface area contributed by atoms with Crippen molar-refractivity contribution in [1.82, 2.24) is 19.9 Å². The lowest BCUT2D eigenvalue weighted by molar-refractivity contribution is 0.131. The highest BCUT2D eigenvalue weighted by atomic mass is 16.5. The van der Waals surface area contributed by atoms with E-state index in [4.69, 9.17) is 4.74 Å². The number of amides is 1. The number of ether oxygens (including phenoxy) is 1. The minimum Gasteiger partial charge on any atom is -0.486 e. The van der Waals surface area contributed by atoms with Crippen LogP contribution in [0.15, 0.2) is 24.7 Å².